The first kappa shape index (κ1) is 30.3. The number of anilines is 1. The third-order valence-electron chi connectivity index (χ3n) is 7.80. The van der Waals surface area contributed by atoms with Crippen molar-refractivity contribution in [1.82, 2.24) is 29.4 Å². The molecule has 1 aliphatic rings. The summed E-state index contributed by atoms with van der Waals surface area (Å²) in [4.78, 5) is 48.2. The zero-order valence-corrected chi connectivity index (χ0v) is 26.0. The topological polar surface area (TPSA) is 117 Å². The van der Waals surface area contributed by atoms with Gasteiger partial charge in [0.15, 0.2) is 5.65 Å². The zero-order valence-electron chi connectivity index (χ0n) is 25.3. The van der Waals surface area contributed by atoms with Crippen molar-refractivity contribution in [3.63, 3.8) is 0 Å². The lowest BCUT2D eigenvalue weighted by molar-refractivity contribution is 0.114. The highest BCUT2D eigenvalue weighted by molar-refractivity contribution is 6.33. The monoisotopic (exact) mass is 607 g/mol. The average Bonchev–Trinajstić information content (AvgIpc) is 2.93. The number of aromatic nitrogens is 5. The quantitative estimate of drug-likeness (QED) is 0.286. The van der Waals surface area contributed by atoms with E-state index in [9.17, 15) is 14.7 Å². The van der Waals surface area contributed by atoms with E-state index in [1.54, 1.807) is 24.3 Å². The van der Waals surface area contributed by atoms with Crippen LogP contribution in [0.5, 0.6) is 0 Å². The fraction of sp³-hybridized carbons (Fsp3) is 0.419. The number of hydrogen-bond acceptors (Lipinski definition) is 7. The summed E-state index contributed by atoms with van der Waals surface area (Å²) in [5.41, 5.74) is 1.82. The summed E-state index contributed by atoms with van der Waals surface area (Å²) in [7, 11) is 0. The summed E-state index contributed by atoms with van der Waals surface area (Å²) in [6, 6.07) is 7.18. The molecule has 5 rings (SSSR count). The number of rotatable bonds is 5. The molecule has 4 heterocycles. The average molecular weight is 608 g/mol. The van der Waals surface area contributed by atoms with Crippen molar-refractivity contribution in [3.8, 4) is 16.9 Å². The van der Waals surface area contributed by atoms with Gasteiger partial charge >= 0.3 is 11.8 Å². The Labute approximate surface area is 254 Å². The van der Waals surface area contributed by atoms with Crippen molar-refractivity contribution < 1.29 is 14.3 Å². The molecular formula is C31H35ClFN7O3. The predicted octanol–water partition coefficient (Wildman–Crippen LogP) is 6.16. The van der Waals surface area contributed by atoms with E-state index in [0.29, 0.717) is 40.6 Å². The highest BCUT2D eigenvalue weighted by atomic mass is 35.5. The first-order valence-corrected chi connectivity index (χ1v) is 14.7. The van der Waals surface area contributed by atoms with E-state index in [1.165, 1.54) is 15.5 Å². The molecular weight excluding hydrogens is 573 g/mol. The van der Waals surface area contributed by atoms with Gasteiger partial charge in [0.2, 0.25) is 0 Å². The molecule has 43 heavy (non-hydrogen) atoms. The normalized spacial score (nSPS) is 17.4. The number of carboxylic acid groups (broad SMARTS) is 1. The summed E-state index contributed by atoms with van der Waals surface area (Å²) >= 11 is 6.80. The van der Waals surface area contributed by atoms with Crippen LogP contribution >= 0.6 is 11.6 Å². The van der Waals surface area contributed by atoms with Gasteiger partial charge in [-0.3, -0.25) is 0 Å². The Morgan fingerprint density at radius 2 is 1.63 bits per heavy atom. The number of aryl methyl sites for hydroxylation is 1. The van der Waals surface area contributed by atoms with Crippen LogP contribution in [0.25, 0.3) is 28.0 Å². The lowest BCUT2D eigenvalue weighted by atomic mass is 10.0. The van der Waals surface area contributed by atoms with E-state index in [1.807, 2.05) is 53.4 Å². The number of amides is 1. The van der Waals surface area contributed by atoms with Crippen LogP contribution in [0.1, 0.15) is 70.6 Å². The van der Waals surface area contributed by atoms with Crippen LogP contribution in [0.4, 0.5) is 15.0 Å². The van der Waals surface area contributed by atoms with E-state index < -0.39 is 17.6 Å². The van der Waals surface area contributed by atoms with Crippen LogP contribution in [0.15, 0.2) is 35.1 Å². The van der Waals surface area contributed by atoms with Gasteiger partial charge in [0.1, 0.15) is 17.5 Å². The Hall–Kier alpha value is -4.12. The molecule has 0 radical (unpaired) electrons. The van der Waals surface area contributed by atoms with Crippen molar-refractivity contribution in [2.75, 3.05) is 18.0 Å². The molecule has 0 unspecified atom stereocenters. The van der Waals surface area contributed by atoms with Gasteiger partial charge in [-0.25, -0.2) is 33.5 Å². The van der Waals surface area contributed by atoms with Gasteiger partial charge in [0.05, 0.1) is 33.2 Å². The summed E-state index contributed by atoms with van der Waals surface area (Å²) in [6.07, 6.45) is -1.01. The summed E-state index contributed by atoms with van der Waals surface area (Å²) in [5.74, 6) is 0.273. The van der Waals surface area contributed by atoms with Gasteiger partial charge in [0.25, 0.3) is 0 Å². The van der Waals surface area contributed by atoms with Crippen molar-refractivity contribution in [1.29, 1.82) is 0 Å². The van der Waals surface area contributed by atoms with Crippen LogP contribution in [0, 0.1) is 12.7 Å². The van der Waals surface area contributed by atoms with Crippen molar-refractivity contribution in [2.24, 2.45) is 0 Å². The van der Waals surface area contributed by atoms with Crippen LogP contribution in [0.2, 0.25) is 5.02 Å². The molecule has 12 heteroatoms. The minimum atomic E-state index is -1.01. The molecule has 0 bridgehead atoms. The third-order valence-corrected chi connectivity index (χ3v) is 8.09. The second-order valence-electron chi connectivity index (χ2n) is 11.7. The Bertz CT molecular complexity index is 1760. The fourth-order valence-corrected chi connectivity index (χ4v) is 5.95. The summed E-state index contributed by atoms with van der Waals surface area (Å²) in [5, 5.41) is 10.3. The first-order chi connectivity index (χ1) is 20.3. The minimum Gasteiger partial charge on any atom is -0.465 e. The molecule has 1 N–H and O–H groups in total. The molecule has 2 atom stereocenters. The molecule has 1 aliphatic heterocycles. The highest BCUT2D eigenvalue weighted by Crippen LogP contribution is 2.37. The standard InChI is InChI=1S/C31H35ClFN7O3/c1-15(2)24-27(25(16(3)4)35-19(7)34-24)40-29-21(12-22(32)26(36-29)20-10-8-9-11-23(20)33)28(37-30(40)41)38-13-18(6)39(31(42)43)14-17(38)5/h8-12,15-18H,13-14H2,1-7H3,(H,42,43)/t17-,18+/m0/s1. The number of carbonyl (C=O) groups is 1. The smallest absolute Gasteiger partial charge is 0.407 e. The van der Waals surface area contributed by atoms with E-state index in [2.05, 4.69) is 4.98 Å². The van der Waals surface area contributed by atoms with E-state index in [4.69, 9.17) is 26.6 Å². The maximum absolute atomic E-state index is 15.0. The maximum Gasteiger partial charge on any atom is 0.407 e. The molecule has 0 spiro atoms. The van der Waals surface area contributed by atoms with Crippen LogP contribution in [0.3, 0.4) is 0 Å². The summed E-state index contributed by atoms with van der Waals surface area (Å²) in [6.45, 7) is 14.0. The third kappa shape index (κ3) is 5.42. The Balaban J connectivity index is 1.89. The number of nitrogens with zero attached hydrogens (tertiary/aromatic N) is 7. The largest absolute Gasteiger partial charge is 0.465 e. The molecule has 10 nitrogen and oxygen atoms in total. The molecule has 1 fully saturated rings. The van der Waals surface area contributed by atoms with Crippen LogP contribution in [-0.2, 0) is 0 Å². The second-order valence-corrected chi connectivity index (χ2v) is 12.1. The molecule has 1 aromatic carbocycles. The van der Waals surface area contributed by atoms with E-state index >= 15 is 4.39 Å². The predicted molar refractivity (Wildman–Crippen MR) is 165 cm³/mol. The molecule has 3 aromatic heterocycles. The van der Waals surface area contributed by atoms with Crippen LogP contribution < -0.4 is 10.6 Å². The Kier molecular flexibility index (Phi) is 8.13. The molecule has 0 saturated carbocycles. The van der Waals surface area contributed by atoms with Gasteiger partial charge in [0, 0.05) is 30.7 Å². The zero-order chi connectivity index (χ0) is 31.3. The Morgan fingerprint density at radius 1 is 1.00 bits per heavy atom. The molecule has 1 saturated heterocycles. The number of pyridine rings is 1. The van der Waals surface area contributed by atoms with Crippen LogP contribution in [-0.4, -0.2) is 65.8 Å². The minimum absolute atomic E-state index is 0.0702. The molecule has 226 valence electrons. The maximum atomic E-state index is 15.0. The van der Waals surface area contributed by atoms with Gasteiger partial charge in [-0.1, -0.05) is 51.4 Å². The van der Waals surface area contributed by atoms with E-state index in [-0.39, 0.29) is 52.4 Å². The molecule has 0 aliphatic carbocycles. The highest BCUT2D eigenvalue weighted by Gasteiger charge is 2.35. The number of halogens is 2. The van der Waals surface area contributed by atoms with Gasteiger partial charge in [-0.15, -0.1) is 0 Å². The molecule has 1 amide bonds. The summed E-state index contributed by atoms with van der Waals surface area (Å²) < 4.78 is 16.5. The lowest BCUT2D eigenvalue weighted by Crippen LogP contribution is -2.58. The SMILES string of the molecule is Cc1nc(C(C)C)c(-n2c(=O)nc(N3C[C@@H](C)N(C(=O)O)C[C@@H]3C)c3cc(Cl)c(-c4ccccc4F)nc32)c(C(C)C)n1. The first-order valence-electron chi connectivity index (χ1n) is 14.3. The fourth-order valence-electron chi connectivity index (χ4n) is 5.70. The van der Waals surface area contributed by atoms with Gasteiger partial charge < -0.3 is 14.9 Å². The van der Waals surface area contributed by atoms with Crippen molar-refractivity contribution in [3.05, 3.63) is 68.9 Å². The van der Waals surface area contributed by atoms with Crippen molar-refractivity contribution >= 4 is 34.5 Å². The number of benzene rings is 1. The van der Waals surface area contributed by atoms with E-state index in [0.717, 1.165) is 0 Å². The molecule has 4 aromatic rings. The lowest BCUT2D eigenvalue weighted by Gasteiger charge is -2.43. The van der Waals surface area contributed by atoms with Gasteiger partial charge in [-0.05, 0) is 50.8 Å². The van der Waals surface area contributed by atoms with Gasteiger partial charge in [-0.2, -0.15) is 4.98 Å². The Morgan fingerprint density at radius 3 is 2.21 bits per heavy atom. The second kappa shape index (κ2) is 11.5. The number of piperazine rings is 1. The number of fused-ring (bicyclic) bond motifs is 1. The number of hydrogen-bond donors (Lipinski definition) is 1. The van der Waals surface area contributed by atoms with Crippen molar-refractivity contribution in [2.45, 2.75) is 72.4 Å².